The Kier molecular flexibility index (Phi) is 4.27. The first-order valence-electron chi connectivity index (χ1n) is 7.60. The summed E-state index contributed by atoms with van der Waals surface area (Å²) >= 11 is 0. The molecule has 3 atom stereocenters. The Hall–Kier alpha value is -1.38. The van der Waals surface area contributed by atoms with Crippen molar-refractivity contribution in [2.45, 2.75) is 50.2 Å². The summed E-state index contributed by atoms with van der Waals surface area (Å²) in [5.41, 5.74) is 2.44. The maximum absolute atomic E-state index is 12.1. The Morgan fingerprint density at radius 1 is 1.38 bits per heavy atom. The standard InChI is InChI=1S/C13H22N4O4/c18-12(15-21-8-9-3-1-2-6-14-9)11-5-4-10-7-16(11)13(19)17(10)20/h9-11,14,20H,1-8H2,(H,15,18)/t9-,10+,11-/m0/s1. The number of carbonyl (C=O) groups is 2. The van der Waals surface area contributed by atoms with E-state index in [0.717, 1.165) is 18.0 Å². The lowest BCUT2D eigenvalue weighted by atomic mass is 10.0. The first-order chi connectivity index (χ1) is 10.2. The fourth-order valence-corrected chi connectivity index (χ4v) is 3.27. The molecular formula is C13H22N4O4. The molecule has 3 aliphatic rings. The molecule has 8 heteroatoms. The number of amides is 3. The van der Waals surface area contributed by atoms with Crippen molar-refractivity contribution in [3.8, 4) is 0 Å². The van der Waals surface area contributed by atoms with Crippen molar-refractivity contribution in [2.24, 2.45) is 0 Å². The second-order valence-electron chi connectivity index (χ2n) is 5.95. The summed E-state index contributed by atoms with van der Waals surface area (Å²) in [5.74, 6) is -0.312. The van der Waals surface area contributed by atoms with Crippen LogP contribution in [-0.4, -0.2) is 64.9 Å². The normalized spacial score (nSPS) is 32.4. The lowest BCUT2D eigenvalue weighted by Crippen LogP contribution is -2.50. The van der Waals surface area contributed by atoms with Gasteiger partial charge in [-0.1, -0.05) is 6.42 Å². The van der Waals surface area contributed by atoms with E-state index in [1.165, 1.54) is 17.7 Å². The van der Waals surface area contributed by atoms with Crippen LogP contribution in [0.5, 0.6) is 0 Å². The lowest BCUT2D eigenvalue weighted by Gasteiger charge is -2.29. The number of urea groups is 1. The van der Waals surface area contributed by atoms with Crippen molar-refractivity contribution in [3.05, 3.63) is 0 Å². The molecule has 8 nitrogen and oxygen atoms in total. The average molecular weight is 298 g/mol. The Bertz CT molecular complexity index is 413. The van der Waals surface area contributed by atoms with Gasteiger partial charge in [0.05, 0.1) is 12.6 Å². The smallest absolute Gasteiger partial charge is 0.312 e. The first kappa shape index (κ1) is 14.6. The van der Waals surface area contributed by atoms with Crippen molar-refractivity contribution in [3.63, 3.8) is 0 Å². The van der Waals surface area contributed by atoms with Gasteiger partial charge in [0.25, 0.3) is 5.91 Å². The maximum atomic E-state index is 12.1. The van der Waals surface area contributed by atoms with E-state index in [2.05, 4.69) is 10.8 Å². The highest BCUT2D eigenvalue weighted by atomic mass is 16.7. The lowest BCUT2D eigenvalue weighted by molar-refractivity contribution is -0.139. The summed E-state index contributed by atoms with van der Waals surface area (Å²) in [6.07, 6.45) is 4.57. The van der Waals surface area contributed by atoms with Gasteiger partial charge in [-0.3, -0.25) is 14.8 Å². The second kappa shape index (κ2) is 6.17. The molecule has 3 saturated heterocycles. The quantitative estimate of drug-likeness (QED) is 0.495. The SMILES string of the molecule is O=C(NOC[C@@H]1CCCCN1)[C@@H]1CC[C@@H]2CN1C(=O)N2O. The van der Waals surface area contributed by atoms with Crippen LogP contribution in [0.2, 0.25) is 0 Å². The molecule has 0 aromatic carbocycles. The van der Waals surface area contributed by atoms with Gasteiger partial charge in [0, 0.05) is 12.6 Å². The maximum Gasteiger partial charge on any atom is 0.344 e. The van der Waals surface area contributed by atoms with Crippen molar-refractivity contribution in [1.82, 2.24) is 20.8 Å². The minimum atomic E-state index is -0.551. The number of carbonyl (C=O) groups excluding carboxylic acids is 2. The largest absolute Gasteiger partial charge is 0.344 e. The first-order valence-corrected chi connectivity index (χ1v) is 7.60. The molecule has 3 heterocycles. The zero-order valence-electron chi connectivity index (χ0n) is 12.0. The van der Waals surface area contributed by atoms with Crippen LogP contribution in [0.1, 0.15) is 32.1 Å². The van der Waals surface area contributed by atoms with Gasteiger partial charge in [-0.25, -0.2) is 15.3 Å². The van der Waals surface area contributed by atoms with E-state index in [9.17, 15) is 14.8 Å². The predicted octanol–water partition coefficient (Wildman–Crippen LogP) is -0.166. The molecule has 0 unspecified atom stereocenters. The number of piperidine rings is 2. The van der Waals surface area contributed by atoms with E-state index in [1.54, 1.807) is 0 Å². The molecule has 0 saturated carbocycles. The predicted molar refractivity (Wildman–Crippen MR) is 72.3 cm³/mol. The van der Waals surface area contributed by atoms with Gasteiger partial charge in [0.15, 0.2) is 0 Å². The number of hydroxylamine groups is 3. The van der Waals surface area contributed by atoms with Crippen molar-refractivity contribution in [1.29, 1.82) is 0 Å². The third-order valence-corrected chi connectivity index (χ3v) is 4.52. The summed E-state index contributed by atoms with van der Waals surface area (Å²) in [5, 5.41) is 13.7. The Morgan fingerprint density at radius 2 is 2.24 bits per heavy atom. The molecule has 118 valence electrons. The van der Waals surface area contributed by atoms with E-state index >= 15 is 0 Å². The highest BCUT2D eigenvalue weighted by molar-refractivity contribution is 5.87. The van der Waals surface area contributed by atoms with Crippen LogP contribution in [0.15, 0.2) is 0 Å². The van der Waals surface area contributed by atoms with Crippen LogP contribution >= 0.6 is 0 Å². The second-order valence-corrected chi connectivity index (χ2v) is 5.95. The van der Waals surface area contributed by atoms with Crippen molar-refractivity contribution < 1.29 is 19.6 Å². The van der Waals surface area contributed by atoms with Crippen LogP contribution in [0.25, 0.3) is 0 Å². The molecule has 3 rings (SSSR count). The monoisotopic (exact) mass is 298 g/mol. The van der Waals surface area contributed by atoms with Gasteiger partial charge in [-0.05, 0) is 32.2 Å². The molecule has 0 aromatic heterocycles. The molecule has 21 heavy (non-hydrogen) atoms. The molecule has 3 fully saturated rings. The van der Waals surface area contributed by atoms with Crippen molar-refractivity contribution in [2.75, 3.05) is 19.7 Å². The fourth-order valence-electron chi connectivity index (χ4n) is 3.27. The number of rotatable bonds is 4. The Morgan fingerprint density at radius 3 is 3.00 bits per heavy atom. The Labute approximate surface area is 123 Å². The van der Waals surface area contributed by atoms with E-state index in [0.29, 0.717) is 26.0 Å². The summed E-state index contributed by atoms with van der Waals surface area (Å²) in [6.45, 7) is 1.82. The van der Waals surface area contributed by atoms with Gasteiger partial charge in [0.1, 0.15) is 6.04 Å². The summed E-state index contributed by atoms with van der Waals surface area (Å²) in [4.78, 5) is 30.6. The molecule has 0 radical (unpaired) electrons. The molecule has 0 spiro atoms. The van der Waals surface area contributed by atoms with E-state index in [-0.39, 0.29) is 18.0 Å². The zero-order chi connectivity index (χ0) is 14.8. The van der Waals surface area contributed by atoms with E-state index < -0.39 is 12.1 Å². The van der Waals surface area contributed by atoms with E-state index in [1.807, 2.05) is 0 Å². The number of nitrogens with zero attached hydrogens (tertiary/aromatic N) is 2. The number of hydrogen-bond donors (Lipinski definition) is 3. The highest BCUT2D eigenvalue weighted by Gasteiger charge is 2.46. The topological polar surface area (TPSA) is 94.1 Å². The van der Waals surface area contributed by atoms with Crippen LogP contribution in [0.4, 0.5) is 4.79 Å². The molecule has 3 amide bonds. The van der Waals surface area contributed by atoms with Gasteiger partial charge >= 0.3 is 6.03 Å². The summed E-state index contributed by atoms with van der Waals surface area (Å²) < 4.78 is 0. The number of nitrogens with one attached hydrogen (secondary N) is 2. The highest BCUT2D eigenvalue weighted by Crippen LogP contribution is 2.28. The van der Waals surface area contributed by atoms with Crippen LogP contribution in [0.3, 0.4) is 0 Å². The van der Waals surface area contributed by atoms with Gasteiger partial charge in [-0.2, -0.15) is 0 Å². The van der Waals surface area contributed by atoms with Gasteiger partial charge in [0.2, 0.25) is 0 Å². The van der Waals surface area contributed by atoms with E-state index in [4.69, 9.17) is 4.84 Å². The minimum absolute atomic E-state index is 0.186. The third kappa shape index (κ3) is 2.97. The number of fused-ring (bicyclic) bond motifs is 2. The third-order valence-electron chi connectivity index (χ3n) is 4.52. The van der Waals surface area contributed by atoms with Crippen molar-refractivity contribution >= 4 is 11.9 Å². The molecule has 0 aromatic rings. The molecule has 3 N–H and O–H groups in total. The van der Waals surface area contributed by atoms with Crippen LogP contribution < -0.4 is 10.8 Å². The minimum Gasteiger partial charge on any atom is -0.312 e. The average Bonchev–Trinajstić information content (AvgIpc) is 2.73. The zero-order valence-corrected chi connectivity index (χ0v) is 12.0. The Balaban J connectivity index is 1.46. The molecule has 3 aliphatic heterocycles. The summed E-state index contributed by atoms with van der Waals surface area (Å²) in [6, 6.07) is -0.957. The molecule has 0 aliphatic carbocycles. The van der Waals surface area contributed by atoms with Gasteiger partial charge in [-0.15, -0.1) is 0 Å². The number of hydrogen-bond acceptors (Lipinski definition) is 5. The van der Waals surface area contributed by atoms with Gasteiger partial charge < -0.3 is 10.2 Å². The summed E-state index contributed by atoms with van der Waals surface area (Å²) in [7, 11) is 0. The van der Waals surface area contributed by atoms with Crippen LogP contribution in [-0.2, 0) is 9.63 Å². The molecule has 2 bridgehead atoms. The molecular weight excluding hydrogens is 276 g/mol. The van der Waals surface area contributed by atoms with Crippen LogP contribution in [0, 0.1) is 0 Å². The fraction of sp³-hybridized carbons (Fsp3) is 0.846.